The Kier molecular flexibility index (Phi) is 9.89. The van der Waals surface area contributed by atoms with Crippen molar-refractivity contribution >= 4 is 49.0 Å². The Morgan fingerprint density at radius 3 is 2.64 bits per heavy atom. The fourth-order valence-corrected chi connectivity index (χ4v) is 11.6. The number of sulfonamides is 1. The summed E-state index contributed by atoms with van der Waals surface area (Å²) in [5.41, 5.74) is 4.23. The quantitative estimate of drug-likeness (QED) is 0.105. The molecule has 238 valence electrons. The van der Waals surface area contributed by atoms with Gasteiger partial charge in [-0.15, -0.1) is 0 Å². The van der Waals surface area contributed by atoms with Crippen molar-refractivity contribution in [2.24, 2.45) is 0 Å². The van der Waals surface area contributed by atoms with Crippen molar-refractivity contribution in [1.29, 1.82) is 0 Å². The van der Waals surface area contributed by atoms with Gasteiger partial charge in [0.25, 0.3) is 10.0 Å². The number of nitrogens with zero attached hydrogens (tertiary/aromatic N) is 4. The van der Waals surface area contributed by atoms with Crippen LogP contribution in [-0.4, -0.2) is 78.5 Å². The Balaban J connectivity index is 1.33. The number of halogens is 1. The first-order valence-electron chi connectivity index (χ1n) is 14.6. The fraction of sp³-hybridized carbons (Fsp3) is 0.483. The summed E-state index contributed by atoms with van der Waals surface area (Å²) in [5.74, 6) is 0.533. The normalized spacial score (nSPS) is 16.6. The van der Waals surface area contributed by atoms with Gasteiger partial charge in [-0.1, -0.05) is 13.8 Å². The summed E-state index contributed by atoms with van der Waals surface area (Å²) in [4.78, 5) is 17.6. The molecule has 0 atom stereocenters. The molecule has 2 amide bonds. The topological polar surface area (TPSA) is 159 Å². The first kappa shape index (κ1) is 32.7. The molecule has 2 aliphatic rings. The number of fused-ring (bicyclic) bond motifs is 1. The zero-order chi connectivity index (χ0) is 31.6. The van der Waals surface area contributed by atoms with Crippen LogP contribution in [0.5, 0.6) is 5.88 Å². The second-order valence-electron chi connectivity index (χ2n) is 12.0. The zero-order valence-corrected chi connectivity index (χ0v) is 28.4. The summed E-state index contributed by atoms with van der Waals surface area (Å²) in [6.45, 7) is 3.29. The number of aryl methyl sites for hydroxylation is 1. The number of pyridine rings is 1. The monoisotopic (exact) mass is 738 g/mol. The molecule has 1 saturated heterocycles. The van der Waals surface area contributed by atoms with E-state index in [1.54, 1.807) is 20.0 Å². The van der Waals surface area contributed by atoms with E-state index in [-0.39, 0.29) is 17.7 Å². The molecule has 0 unspecified atom stereocenters. The van der Waals surface area contributed by atoms with Gasteiger partial charge < -0.3 is 10.0 Å². The first-order valence-corrected chi connectivity index (χ1v) is 20.1. The molecule has 12 nitrogen and oxygen atoms in total. The van der Waals surface area contributed by atoms with Crippen molar-refractivity contribution in [3.05, 3.63) is 53.9 Å². The van der Waals surface area contributed by atoms with Crippen molar-refractivity contribution in [3.63, 3.8) is 0 Å². The van der Waals surface area contributed by atoms with Crippen molar-refractivity contribution < 1.29 is 28.0 Å². The molecule has 1 aliphatic carbocycles. The van der Waals surface area contributed by atoms with Crippen LogP contribution in [0.15, 0.2) is 47.8 Å². The molecule has 0 saturated carbocycles. The minimum absolute atomic E-state index is 0.0584. The number of hydrogen-bond acceptors (Lipinski definition) is 9. The molecule has 1 fully saturated rings. The van der Waals surface area contributed by atoms with Gasteiger partial charge in [-0.25, -0.2) is 0 Å². The van der Waals surface area contributed by atoms with Gasteiger partial charge in [-0.05, 0) is 6.07 Å². The summed E-state index contributed by atoms with van der Waals surface area (Å²) < 4.78 is 40.7. The second kappa shape index (κ2) is 13.3. The number of ether oxygens (including phenoxy) is 1. The second-order valence-corrected chi connectivity index (χ2v) is 20.2. The molecule has 15 heteroatoms. The summed E-state index contributed by atoms with van der Waals surface area (Å²) in [5, 5.41) is 24.7. The van der Waals surface area contributed by atoms with Crippen molar-refractivity contribution in [2.75, 3.05) is 28.3 Å². The summed E-state index contributed by atoms with van der Waals surface area (Å²) >= 11 is -1.04. The Morgan fingerprint density at radius 2 is 1.93 bits per heavy atom. The number of hydrogen-bond donors (Lipinski definition) is 4. The number of benzene rings is 1. The van der Waals surface area contributed by atoms with Gasteiger partial charge >= 0.3 is 186 Å². The fourth-order valence-electron chi connectivity index (χ4n) is 5.44. The predicted octanol–water partition coefficient (Wildman–Crippen LogP) is 3.72. The molecule has 0 bridgehead atoms. The van der Waals surface area contributed by atoms with E-state index in [1.807, 2.05) is 18.2 Å². The third kappa shape index (κ3) is 7.55. The standard InChI is InChI=1S/C29H40BIN6O6S/c1-29(2,30(39)40)19-37-17-13-26(34-37)44(41,42)35-28(38)33-27-23-7-5-6-20(23)8-9-24(27)21-12-16-32-25(18-21)43-22-10-14-31(15-11-22)36(3)4/h8-9,12-13,16-18,22,39-40H,5-7,10-11,14-15,19H2,1-4H3,(H2,33,35,38). The molecular weight excluding hydrogens is 698 g/mol. The van der Waals surface area contributed by atoms with E-state index in [0.717, 1.165) is 54.4 Å². The molecule has 0 radical (unpaired) electrons. The summed E-state index contributed by atoms with van der Waals surface area (Å²) in [7, 11) is -1.57. The number of amides is 2. The third-order valence-corrected chi connectivity index (χ3v) is 15.7. The predicted molar refractivity (Wildman–Crippen MR) is 179 cm³/mol. The molecule has 44 heavy (non-hydrogen) atoms. The molecule has 3 heterocycles. The molecule has 1 aliphatic heterocycles. The number of carbonyl (C=O) groups excluding carboxylic acids is 1. The van der Waals surface area contributed by atoms with E-state index in [9.17, 15) is 23.3 Å². The average molecular weight is 738 g/mol. The van der Waals surface area contributed by atoms with E-state index >= 15 is 0 Å². The van der Waals surface area contributed by atoms with Gasteiger partial charge in [0.15, 0.2) is 5.03 Å². The van der Waals surface area contributed by atoms with E-state index < -0.39 is 48.6 Å². The van der Waals surface area contributed by atoms with Gasteiger partial charge in [0.1, 0.15) is 0 Å². The molecule has 5 rings (SSSR count). The van der Waals surface area contributed by atoms with Gasteiger partial charge in [0.05, 0.1) is 0 Å². The average Bonchev–Trinajstić information content (AvgIpc) is 3.63. The summed E-state index contributed by atoms with van der Waals surface area (Å²) in [6, 6.07) is 8.10. The maximum absolute atomic E-state index is 13.2. The molecule has 2 aromatic heterocycles. The van der Waals surface area contributed by atoms with Crippen molar-refractivity contribution in [1.82, 2.24) is 22.6 Å². The number of nitrogens with one attached hydrogen (secondary N) is 2. The van der Waals surface area contributed by atoms with E-state index in [4.69, 9.17) is 4.74 Å². The van der Waals surface area contributed by atoms with Crippen LogP contribution in [0.4, 0.5) is 10.5 Å². The van der Waals surface area contributed by atoms with Crippen LogP contribution in [-0.2, 0) is 29.4 Å². The van der Waals surface area contributed by atoms with Crippen LogP contribution in [0.25, 0.3) is 11.1 Å². The van der Waals surface area contributed by atoms with Gasteiger partial charge in [-0.2, -0.15) is 13.5 Å². The molecule has 3 aromatic rings. The first-order chi connectivity index (χ1) is 20.8. The Hall–Kier alpha value is -2.73. The molecule has 0 spiro atoms. The van der Waals surface area contributed by atoms with Crippen molar-refractivity contribution in [2.45, 2.75) is 68.9 Å². The Bertz CT molecular complexity index is 1610. The third-order valence-electron chi connectivity index (χ3n) is 8.02. The van der Waals surface area contributed by atoms with Crippen LogP contribution < -0.4 is 14.8 Å². The number of rotatable bonds is 10. The van der Waals surface area contributed by atoms with Gasteiger partial charge in [0.2, 0.25) is 0 Å². The Morgan fingerprint density at radius 1 is 1.18 bits per heavy atom. The molecule has 4 N–H and O–H groups in total. The number of aromatic nitrogens is 3. The van der Waals surface area contributed by atoms with Gasteiger partial charge in [0, 0.05) is 18.1 Å². The van der Waals surface area contributed by atoms with Crippen LogP contribution in [0.3, 0.4) is 0 Å². The van der Waals surface area contributed by atoms with E-state index in [1.165, 1.54) is 25.8 Å². The maximum atomic E-state index is 13.2. The van der Waals surface area contributed by atoms with E-state index in [0.29, 0.717) is 11.6 Å². The minimum atomic E-state index is -4.31. The number of anilines is 1. The SMILES string of the molecule is CN(C)I1CCC(Oc2cc(-c3ccc4c(c3NC(=O)NS(=O)(=O)c3ccn(CC(C)(C)B(O)O)n3)CCC4)ccn2)CC1. The molecule has 1 aromatic carbocycles. The van der Waals surface area contributed by atoms with Crippen molar-refractivity contribution in [3.8, 4) is 17.0 Å². The molecular formula is C29H40BIN6O6S. The summed E-state index contributed by atoms with van der Waals surface area (Å²) in [6.07, 6.45) is 7.86. The van der Waals surface area contributed by atoms with Crippen LogP contribution in [0.1, 0.15) is 44.2 Å². The number of carbonyl (C=O) groups is 1. The number of alkyl halides is 2. The zero-order valence-electron chi connectivity index (χ0n) is 25.5. The number of urea groups is 1. The van der Waals surface area contributed by atoms with Crippen LogP contribution in [0, 0.1) is 0 Å². The van der Waals surface area contributed by atoms with Crippen LogP contribution in [0.2, 0.25) is 5.31 Å². The van der Waals surface area contributed by atoms with Gasteiger partial charge in [-0.3, -0.25) is 4.68 Å². The van der Waals surface area contributed by atoms with Crippen LogP contribution >= 0.6 is 20.1 Å². The Labute approximate surface area is 266 Å². The van der Waals surface area contributed by atoms with E-state index in [2.05, 4.69) is 43.4 Å².